The van der Waals surface area contributed by atoms with Crippen molar-refractivity contribution in [3.05, 3.63) is 51.7 Å². The molecule has 1 aliphatic rings. The number of para-hydroxylation sites is 1. The summed E-state index contributed by atoms with van der Waals surface area (Å²) in [7, 11) is 0. The number of benzene rings is 1. The Bertz CT molecular complexity index is 510. The van der Waals surface area contributed by atoms with E-state index in [1.54, 1.807) is 11.3 Å². The molecule has 0 amide bonds. The molecule has 2 nitrogen and oxygen atoms in total. The Hall–Kier alpha value is -1.32. The molecule has 18 heavy (non-hydrogen) atoms. The van der Waals surface area contributed by atoms with Crippen molar-refractivity contribution < 1.29 is 4.74 Å². The van der Waals surface area contributed by atoms with E-state index >= 15 is 0 Å². The van der Waals surface area contributed by atoms with Gasteiger partial charge in [0, 0.05) is 19.5 Å². The molecule has 1 aromatic carbocycles. The van der Waals surface area contributed by atoms with Crippen LogP contribution in [0, 0.1) is 6.92 Å². The van der Waals surface area contributed by atoms with Gasteiger partial charge in [-0.15, -0.1) is 0 Å². The lowest BCUT2D eigenvalue weighted by Gasteiger charge is -2.11. The topological polar surface area (TPSA) is 21.3 Å². The normalized spacial score (nSPS) is 17.5. The number of nitrogens with one attached hydrogen (secondary N) is 1. The second-order valence-corrected chi connectivity index (χ2v) is 5.51. The van der Waals surface area contributed by atoms with Gasteiger partial charge in [-0.3, -0.25) is 0 Å². The number of rotatable bonds is 4. The minimum atomic E-state index is 0.279. The minimum Gasteiger partial charge on any atom is -0.488 e. The molecule has 0 saturated heterocycles. The monoisotopic (exact) mass is 259 g/mol. The molecular formula is C15H17NOS. The molecule has 3 heteroatoms. The number of ether oxygens (including phenoxy) is 1. The Morgan fingerprint density at radius 1 is 1.33 bits per heavy atom. The fourth-order valence-corrected chi connectivity index (χ4v) is 3.16. The smallest absolute Gasteiger partial charge is 0.123 e. The summed E-state index contributed by atoms with van der Waals surface area (Å²) in [6.07, 6.45) is 1.30. The first-order valence-electron chi connectivity index (χ1n) is 6.30. The van der Waals surface area contributed by atoms with Crippen molar-refractivity contribution in [1.29, 1.82) is 0 Å². The molecule has 0 saturated carbocycles. The van der Waals surface area contributed by atoms with Crippen LogP contribution >= 0.6 is 11.3 Å². The first kappa shape index (κ1) is 11.8. The van der Waals surface area contributed by atoms with E-state index in [4.69, 9.17) is 4.74 Å². The van der Waals surface area contributed by atoms with E-state index < -0.39 is 0 Å². The van der Waals surface area contributed by atoms with Gasteiger partial charge in [0.15, 0.2) is 0 Å². The third-order valence-corrected chi connectivity index (χ3v) is 4.27. The molecule has 1 aliphatic heterocycles. The Labute approximate surface area is 112 Å². The zero-order valence-electron chi connectivity index (χ0n) is 10.5. The highest BCUT2D eigenvalue weighted by molar-refractivity contribution is 7.08. The zero-order valence-corrected chi connectivity index (χ0v) is 11.3. The quantitative estimate of drug-likeness (QED) is 0.910. The van der Waals surface area contributed by atoms with Crippen LogP contribution in [0.25, 0.3) is 0 Å². The molecule has 94 valence electrons. The number of thiophene rings is 1. The summed E-state index contributed by atoms with van der Waals surface area (Å²) in [4.78, 5) is 0. The Morgan fingerprint density at radius 3 is 3.00 bits per heavy atom. The standard InChI is InChI=1S/C15H17NOS/c1-11-9-18-10-13(11)7-16-8-14-6-12-4-2-3-5-15(12)17-14/h2-5,9-10,14,16H,6-8H2,1H3. The maximum absolute atomic E-state index is 5.90. The van der Waals surface area contributed by atoms with Gasteiger partial charge in [-0.2, -0.15) is 11.3 Å². The molecule has 2 heterocycles. The molecule has 1 unspecified atom stereocenters. The highest BCUT2D eigenvalue weighted by atomic mass is 32.1. The van der Waals surface area contributed by atoms with Crippen LogP contribution in [0.3, 0.4) is 0 Å². The van der Waals surface area contributed by atoms with Crippen LogP contribution in [0.15, 0.2) is 35.0 Å². The number of hydrogen-bond acceptors (Lipinski definition) is 3. The van der Waals surface area contributed by atoms with Gasteiger partial charge in [-0.1, -0.05) is 18.2 Å². The van der Waals surface area contributed by atoms with Crippen LogP contribution in [-0.2, 0) is 13.0 Å². The highest BCUT2D eigenvalue weighted by Crippen LogP contribution is 2.27. The number of fused-ring (bicyclic) bond motifs is 1. The summed E-state index contributed by atoms with van der Waals surface area (Å²) in [6, 6.07) is 8.31. The van der Waals surface area contributed by atoms with E-state index in [9.17, 15) is 0 Å². The number of aryl methyl sites for hydroxylation is 1. The van der Waals surface area contributed by atoms with Crippen LogP contribution < -0.4 is 10.1 Å². The van der Waals surface area contributed by atoms with E-state index in [0.29, 0.717) is 0 Å². The van der Waals surface area contributed by atoms with E-state index in [1.807, 2.05) is 6.07 Å². The molecule has 0 spiro atoms. The molecule has 1 atom stereocenters. The Morgan fingerprint density at radius 2 is 2.22 bits per heavy atom. The van der Waals surface area contributed by atoms with Crippen LogP contribution in [0.2, 0.25) is 0 Å². The van der Waals surface area contributed by atoms with Gasteiger partial charge in [0.05, 0.1) is 0 Å². The lowest BCUT2D eigenvalue weighted by Crippen LogP contribution is -2.29. The third kappa shape index (κ3) is 2.42. The van der Waals surface area contributed by atoms with Crippen LogP contribution in [0.5, 0.6) is 5.75 Å². The first-order chi connectivity index (χ1) is 8.83. The van der Waals surface area contributed by atoms with Crippen molar-refractivity contribution >= 4 is 11.3 Å². The van der Waals surface area contributed by atoms with E-state index in [1.165, 1.54) is 16.7 Å². The average Bonchev–Trinajstić information content (AvgIpc) is 2.96. The average molecular weight is 259 g/mol. The zero-order chi connectivity index (χ0) is 12.4. The van der Waals surface area contributed by atoms with Crippen molar-refractivity contribution in [2.24, 2.45) is 0 Å². The number of hydrogen-bond donors (Lipinski definition) is 1. The van der Waals surface area contributed by atoms with Gasteiger partial charge in [-0.05, 0) is 40.4 Å². The first-order valence-corrected chi connectivity index (χ1v) is 7.24. The molecule has 1 N–H and O–H groups in total. The fourth-order valence-electron chi connectivity index (χ4n) is 2.30. The van der Waals surface area contributed by atoms with Crippen molar-refractivity contribution in [2.45, 2.75) is 26.0 Å². The molecule has 1 aromatic heterocycles. The Balaban J connectivity index is 1.50. The summed E-state index contributed by atoms with van der Waals surface area (Å²) in [5.41, 5.74) is 4.11. The molecular weight excluding hydrogens is 242 g/mol. The molecule has 0 fully saturated rings. The van der Waals surface area contributed by atoms with Crippen molar-refractivity contribution in [2.75, 3.05) is 6.54 Å². The predicted octanol–water partition coefficient (Wildman–Crippen LogP) is 3.15. The van der Waals surface area contributed by atoms with Crippen LogP contribution in [0.1, 0.15) is 16.7 Å². The molecule has 0 bridgehead atoms. The van der Waals surface area contributed by atoms with Gasteiger partial charge in [0.2, 0.25) is 0 Å². The van der Waals surface area contributed by atoms with Gasteiger partial charge in [-0.25, -0.2) is 0 Å². The summed E-state index contributed by atoms with van der Waals surface area (Å²) >= 11 is 1.77. The van der Waals surface area contributed by atoms with Crippen molar-refractivity contribution in [3.63, 3.8) is 0 Å². The summed E-state index contributed by atoms with van der Waals surface area (Å²) in [5.74, 6) is 1.05. The van der Waals surface area contributed by atoms with E-state index in [2.05, 4.69) is 41.2 Å². The third-order valence-electron chi connectivity index (χ3n) is 3.36. The maximum Gasteiger partial charge on any atom is 0.123 e. The second-order valence-electron chi connectivity index (χ2n) is 4.76. The van der Waals surface area contributed by atoms with Gasteiger partial charge in [0.1, 0.15) is 11.9 Å². The van der Waals surface area contributed by atoms with Gasteiger partial charge in [0.25, 0.3) is 0 Å². The van der Waals surface area contributed by atoms with Gasteiger partial charge >= 0.3 is 0 Å². The molecule has 0 aliphatic carbocycles. The largest absolute Gasteiger partial charge is 0.488 e. The van der Waals surface area contributed by atoms with Gasteiger partial charge < -0.3 is 10.1 Å². The summed E-state index contributed by atoms with van der Waals surface area (Å²) in [5, 5.41) is 7.90. The van der Waals surface area contributed by atoms with E-state index in [0.717, 1.165) is 25.3 Å². The highest BCUT2D eigenvalue weighted by Gasteiger charge is 2.21. The van der Waals surface area contributed by atoms with Crippen LogP contribution in [-0.4, -0.2) is 12.6 Å². The summed E-state index contributed by atoms with van der Waals surface area (Å²) < 4.78 is 5.90. The summed E-state index contributed by atoms with van der Waals surface area (Å²) in [6.45, 7) is 4.00. The lowest BCUT2D eigenvalue weighted by atomic mass is 10.1. The maximum atomic E-state index is 5.90. The minimum absolute atomic E-state index is 0.279. The van der Waals surface area contributed by atoms with Crippen LogP contribution in [0.4, 0.5) is 0 Å². The SMILES string of the molecule is Cc1cscc1CNCC1Cc2ccccc2O1. The van der Waals surface area contributed by atoms with Crippen molar-refractivity contribution in [1.82, 2.24) is 5.32 Å². The molecule has 2 aromatic rings. The lowest BCUT2D eigenvalue weighted by molar-refractivity contribution is 0.227. The van der Waals surface area contributed by atoms with E-state index in [-0.39, 0.29) is 6.10 Å². The fraction of sp³-hybridized carbons (Fsp3) is 0.333. The molecule has 0 radical (unpaired) electrons. The Kier molecular flexibility index (Phi) is 3.35. The van der Waals surface area contributed by atoms with Crippen molar-refractivity contribution in [3.8, 4) is 5.75 Å². The predicted molar refractivity (Wildman–Crippen MR) is 75.3 cm³/mol. The molecule has 3 rings (SSSR count). The second kappa shape index (κ2) is 5.12.